The predicted octanol–water partition coefficient (Wildman–Crippen LogP) is 5.15. The minimum atomic E-state index is -0.248. The molecule has 3 aliphatic carbocycles. The van der Waals surface area contributed by atoms with Crippen LogP contribution in [0, 0.1) is 17.8 Å². The Balaban J connectivity index is 1.58. The van der Waals surface area contributed by atoms with E-state index in [-0.39, 0.29) is 9.52 Å². The van der Waals surface area contributed by atoms with Crippen LogP contribution < -0.4 is 5.19 Å². The van der Waals surface area contributed by atoms with Crippen molar-refractivity contribution in [3.05, 3.63) is 54.1 Å². The molecular formula is C23H32Si. The number of allylic oxidation sites excluding steroid dienone is 4. The van der Waals surface area contributed by atoms with Gasteiger partial charge in [0.15, 0.2) is 0 Å². The first-order chi connectivity index (χ1) is 11.7. The fourth-order valence-corrected chi connectivity index (χ4v) is 8.42. The van der Waals surface area contributed by atoms with Crippen LogP contribution in [-0.4, -0.2) is 9.52 Å². The topological polar surface area (TPSA) is 0 Å². The maximum absolute atomic E-state index is 2.65. The molecule has 0 N–H and O–H groups in total. The monoisotopic (exact) mass is 336 g/mol. The Morgan fingerprint density at radius 1 is 1.08 bits per heavy atom. The van der Waals surface area contributed by atoms with E-state index in [9.17, 15) is 0 Å². The van der Waals surface area contributed by atoms with E-state index in [4.69, 9.17) is 0 Å². The van der Waals surface area contributed by atoms with Gasteiger partial charge in [0.1, 0.15) is 0 Å². The first-order valence-corrected chi connectivity index (χ1v) is 11.6. The molecule has 2 saturated carbocycles. The van der Waals surface area contributed by atoms with Gasteiger partial charge in [0, 0.05) is 0 Å². The summed E-state index contributed by atoms with van der Waals surface area (Å²) < 4.78 is 0. The van der Waals surface area contributed by atoms with Crippen molar-refractivity contribution in [2.45, 2.75) is 63.3 Å². The lowest BCUT2D eigenvalue weighted by Crippen LogP contribution is -2.32. The Morgan fingerprint density at radius 2 is 1.88 bits per heavy atom. The number of benzene rings is 1. The summed E-state index contributed by atoms with van der Waals surface area (Å²) in [5.41, 5.74) is 1.83. The summed E-state index contributed by atoms with van der Waals surface area (Å²) in [5.74, 6) is 2.71. The van der Waals surface area contributed by atoms with Crippen LogP contribution in [0.3, 0.4) is 0 Å². The molecule has 0 aliphatic heterocycles. The zero-order valence-corrected chi connectivity index (χ0v) is 16.6. The molecule has 128 valence electrons. The molecule has 4 rings (SSSR count). The lowest BCUT2D eigenvalue weighted by molar-refractivity contribution is 0.284. The molecule has 0 spiro atoms. The highest BCUT2D eigenvalue weighted by atomic mass is 28.2. The Bertz CT molecular complexity index is 608. The van der Waals surface area contributed by atoms with E-state index in [1.54, 1.807) is 5.19 Å². The molecule has 0 radical (unpaired) electrons. The molecule has 0 aromatic heterocycles. The van der Waals surface area contributed by atoms with Crippen molar-refractivity contribution >= 4 is 14.7 Å². The summed E-state index contributed by atoms with van der Waals surface area (Å²) in [5, 5.41) is 2.25. The van der Waals surface area contributed by atoms with Gasteiger partial charge in [-0.2, -0.15) is 0 Å². The van der Waals surface area contributed by atoms with Gasteiger partial charge in [-0.25, -0.2) is 0 Å². The molecule has 3 atom stereocenters. The summed E-state index contributed by atoms with van der Waals surface area (Å²) >= 11 is 0. The number of hydrogen-bond donors (Lipinski definition) is 0. The third-order valence-corrected chi connectivity index (χ3v) is 9.49. The van der Waals surface area contributed by atoms with Gasteiger partial charge in [0.25, 0.3) is 0 Å². The van der Waals surface area contributed by atoms with Crippen molar-refractivity contribution in [3.63, 3.8) is 0 Å². The minimum Gasteiger partial charge on any atom is -0.0839 e. The van der Waals surface area contributed by atoms with Crippen LogP contribution in [0.5, 0.6) is 0 Å². The Labute approximate surface area is 150 Å². The molecule has 1 aromatic carbocycles. The summed E-state index contributed by atoms with van der Waals surface area (Å²) in [7, 11) is -0.248. The van der Waals surface area contributed by atoms with E-state index in [0.29, 0.717) is 5.04 Å². The van der Waals surface area contributed by atoms with E-state index in [1.807, 2.05) is 5.57 Å². The fourth-order valence-electron chi connectivity index (χ4n) is 5.84. The lowest BCUT2D eigenvalue weighted by Gasteiger charge is -2.35. The van der Waals surface area contributed by atoms with Gasteiger partial charge >= 0.3 is 0 Å². The fraction of sp³-hybridized carbons (Fsp3) is 0.565. The van der Waals surface area contributed by atoms with Crippen LogP contribution >= 0.6 is 0 Å². The average Bonchev–Trinajstić information content (AvgIpc) is 2.88. The van der Waals surface area contributed by atoms with Crippen LogP contribution in [0.25, 0.3) is 0 Å². The number of hydrogen-bond acceptors (Lipinski definition) is 0. The summed E-state index contributed by atoms with van der Waals surface area (Å²) in [6.45, 7) is 2.65. The second kappa shape index (κ2) is 7.04. The van der Waals surface area contributed by atoms with Gasteiger partial charge < -0.3 is 0 Å². The van der Waals surface area contributed by atoms with E-state index in [2.05, 4.69) is 55.5 Å². The molecule has 3 aliphatic rings. The van der Waals surface area contributed by atoms with E-state index >= 15 is 0 Å². The van der Waals surface area contributed by atoms with Gasteiger partial charge in [-0.1, -0.05) is 98.3 Å². The van der Waals surface area contributed by atoms with Gasteiger partial charge in [-0.15, -0.1) is 0 Å². The summed E-state index contributed by atoms with van der Waals surface area (Å²) in [6, 6.07) is 11.4. The molecule has 0 bridgehead atoms. The maximum Gasteiger partial charge on any atom is 0.0612 e. The molecule has 2 fully saturated rings. The zero-order chi connectivity index (χ0) is 16.4. The largest absolute Gasteiger partial charge is 0.0839 e. The van der Waals surface area contributed by atoms with Crippen molar-refractivity contribution in [2.75, 3.05) is 0 Å². The lowest BCUT2D eigenvalue weighted by atomic mass is 9.77. The summed E-state index contributed by atoms with van der Waals surface area (Å²) in [4.78, 5) is 0. The predicted molar refractivity (Wildman–Crippen MR) is 108 cm³/mol. The second-order valence-corrected chi connectivity index (χ2v) is 11.6. The smallest absolute Gasteiger partial charge is 0.0612 e. The molecule has 1 heteroatoms. The van der Waals surface area contributed by atoms with Crippen LogP contribution in [0.15, 0.2) is 54.1 Å². The SMILES string of the molecule is CC1([SiH2]c2ccccc2)CC2CC=CC=C2C1CC1CCCCC1. The van der Waals surface area contributed by atoms with Crippen molar-refractivity contribution in [3.8, 4) is 0 Å². The normalized spacial score (nSPS) is 33.8. The third-order valence-electron chi connectivity index (χ3n) is 7.02. The van der Waals surface area contributed by atoms with Crippen molar-refractivity contribution < 1.29 is 0 Å². The van der Waals surface area contributed by atoms with Gasteiger partial charge in [0.2, 0.25) is 0 Å². The van der Waals surface area contributed by atoms with Gasteiger partial charge in [-0.05, 0) is 42.1 Å². The Hall–Kier alpha value is -1.08. The van der Waals surface area contributed by atoms with E-state index in [0.717, 1.165) is 17.8 Å². The van der Waals surface area contributed by atoms with Gasteiger partial charge in [0.05, 0.1) is 9.52 Å². The van der Waals surface area contributed by atoms with Crippen LogP contribution in [0.1, 0.15) is 58.3 Å². The quantitative estimate of drug-likeness (QED) is 0.667. The molecule has 0 saturated heterocycles. The van der Waals surface area contributed by atoms with Crippen molar-refractivity contribution in [1.82, 2.24) is 0 Å². The van der Waals surface area contributed by atoms with Crippen LogP contribution in [-0.2, 0) is 0 Å². The minimum absolute atomic E-state index is 0.248. The highest BCUT2D eigenvalue weighted by Gasteiger charge is 2.47. The van der Waals surface area contributed by atoms with Gasteiger partial charge in [-0.3, -0.25) is 0 Å². The van der Waals surface area contributed by atoms with Crippen molar-refractivity contribution in [1.29, 1.82) is 0 Å². The molecule has 0 nitrogen and oxygen atoms in total. The first-order valence-electron chi connectivity index (χ1n) is 10.2. The molecular weight excluding hydrogens is 304 g/mol. The Morgan fingerprint density at radius 3 is 2.67 bits per heavy atom. The zero-order valence-electron chi connectivity index (χ0n) is 15.2. The van der Waals surface area contributed by atoms with Crippen molar-refractivity contribution in [2.24, 2.45) is 17.8 Å². The standard InChI is InChI=1S/C23H32Si/c1-23(24-20-13-6-3-7-14-20)17-19-12-8-9-15-21(19)22(23)16-18-10-4-2-5-11-18/h3,6-9,13-15,18-19,22H,2,4-5,10-12,16-17,24H2,1H3. The summed E-state index contributed by atoms with van der Waals surface area (Å²) in [6.07, 6.45) is 18.9. The van der Waals surface area contributed by atoms with Crippen LogP contribution in [0.4, 0.5) is 0 Å². The number of rotatable bonds is 4. The van der Waals surface area contributed by atoms with Crippen LogP contribution in [0.2, 0.25) is 5.04 Å². The molecule has 24 heavy (non-hydrogen) atoms. The first kappa shape index (κ1) is 16.4. The molecule has 0 heterocycles. The maximum atomic E-state index is 2.65. The number of fused-ring (bicyclic) bond motifs is 1. The molecule has 1 aromatic rings. The average molecular weight is 337 g/mol. The molecule has 0 amide bonds. The highest BCUT2D eigenvalue weighted by Crippen LogP contribution is 2.59. The highest BCUT2D eigenvalue weighted by molar-refractivity contribution is 6.57. The van der Waals surface area contributed by atoms with E-state index in [1.165, 1.54) is 51.4 Å². The van der Waals surface area contributed by atoms with E-state index < -0.39 is 0 Å². The molecule has 3 unspecified atom stereocenters. The Kier molecular flexibility index (Phi) is 4.80. The second-order valence-electron chi connectivity index (χ2n) is 8.84. The third kappa shape index (κ3) is 3.33.